The van der Waals surface area contributed by atoms with Gasteiger partial charge < -0.3 is 15.4 Å². The average Bonchev–Trinajstić information content (AvgIpc) is 2.26. The fourth-order valence-corrected chi connectivity index (χ4v) is 1.22. The first-order valence-corrected chi connectivity index (χ1v) is 5.31. The molecule has 0 fully saturated rings. The van der Waals surface area contributed by atoms with Crippen molar-refractivity contribution < 1.29 is 27.9 Å². The van der Waals surface area contributed by atoms with E-state index >= 15 is 0 Å². The minimum atomic E-state index is -4.74. The molecule has 3 N–H and O–H groups in total. The number of aromatic nitrogens is 1. The maximum absolute atomic E-state index is 12.3. The standard InChI is InChI=1S/C11H11F3N2O4/c1-10(2,9(19)20)16-8(18)5-3-4-6(11(12,13)14)15-7(5)17/h3-4H,1-2H3,(H,15,17)(H,16,18)(H,19,20). The van der Waals surface area contributed by atoms with Crippen molar-refractivity contribution in [1.82, 2.24) is 10.3 Å². The number of carbonyl (C=O) groups excluding carboxylic acids is 1. The van der Waals surface area contributed by atoms with Crippen molar-refractivity contribution in [3.8, 4) is 0 Å². The van der Waals surface area contributed by atoms with Gasteiger partial charge in [0.15, 0.2) is 0 Å². The Bertz CT molecular complexity index is 604. The van der Waals surface area contributed by atoms with E-state index in [1.807, 2.05) is 5.32 Å². The quantitative estimate of drug-likeness (QED) is 0.773. The molecule has 0 bridgehead atoms. The highest BCUT2D eigenvalue weighted by Crippen LogP contribution is 2.26. The number of hydrogen-bond acceptors (Lipinski definition) is 3. The third-order valence-corrected chi connectivity index (χ3v) is 2.42. The van der Waals surface area contributed by atoms with Gasteiger partial charge in [-0.25, -0.2) is 4.79 Å². The molecule has 9 heteroatoms. The summed E-state index contributed by atoms with van der Waals surface area (Å²) < 4.78 is 37.0. The molecule has 110 valence electrons. The van der Waals surface area contributed by atoms with E-state index in [1.54, 1.807) is 0 Å². The minimum Gasteiger partial charge on any atom is -0.480 e. The maximum Gasteiger partial charge on any atom is 0.431 e. The highest BCUT2D eigenvalue weighted by Gasteiger charge is 2.33. The highest BCUT2D eigenvalue weighted by atomic mass is 19.4. The van der Waals surface area contributed by atoms with Crippen LogP contribution in [0.5, 0.6) is 0 Å². The molecule has 20 heavy (non-hydrogen) atoms. The predicted molar refractivity (Wildman–Crippen MR) is 61.2 cm³/mol. The van der Waals surface area contributed by atoms with Crippen molar-refractivity contribution in [3.63, 3.8) is 0 Å². The first-order chi connectivity index (χ1) is 8.95. The molecule has 1 amide bonds. The number of H-pyrrole nitrogens is 1. The molecule has 0 atom stereocenters. The first-order valence-electron chi connectivity index (χ1n) is 5.31. The fraction of sp³-hybridized carbons (Fsp3) is 0.364. The Hall–Kier alpha value is -2.32. The van der Waals surface area contributed by atoms with Crippen LogP contribution in [-0.2, 0) is 11.0 Å². The van der Waals surface area contributed by atoms with Crippen LogP contribution < -0.4 is 10.9 Å². The number of pyridine rings is 1. The molecular weight excluding hydrogens is 281 g/mol. The van der Waals surface area contributed by atoms with E-state index < -0.39 is 40.4 Å². The average molecular weight is 292 g/mol. The molecule has 1 rings (SSSR count). The lowest BCUT2D eigenvalue weighted by atomic mass is 10.1. The van der Waals surface area contributed by atoms with Crippen molar-refractivity contribution in [2.45, 2.75) is 25.6 Å². The Kier molecular flexibility index (Phi) is 3.92. The summed E-state index contributed by atoms with van der Waals surface area (Å²) >= 11 is 0. The zero-order valence-electron chi connectivity index (χ0n) is 10.5. The van der Waals surface area contributed by atoms with Gasteiger partial charge in [0, 0.05) is 0 Å². The number of aromatic amines is 1. The second kappa shape index (κ2) is 4.99. The molecule has 0 aromatic carbocycles. The molecule has 0 saturated carbocycles. The van der Waals surface area contributed by atoms with Gasteiger partial charge in [-0.1, -0.05) is 0 Å². The summed E-state index contributed by atoms with van der Waals surface area (Å²) in [5.74, 6) is -2.43. The van der Waals surface area contributed by atoms with E-state index in [9.17, 15) is 27.6 Å². The number of amides is 1. The number of alkyl halides is 3. The number of halogens is 3. The van der Waals surface area contributed by atoms with Gasteiger partial charge in [0.25, 0.3) is 11.5 Å². The Labute approximate surface area is 110 Å². The molecule has 0 aliphatic heterocycles. The largest absolute Gasteiger partial charge is 0.480 e. The summed E-state index contributed by atoms with van der Waals surface area (Å²) in [4.78, 5) is 35.4. The van der Waals surface area contributed by atoms with Crippen LogP contribution in [0, 0.1) is 0 Å². The monoisotopic (exact) mass is 292 g/mol. The van der Waals surface area contributed by atoms with Crippen molar-refractivity contribution in [1.29, 1.82) is 0 Å². The molecule has 1 heterocycles. The summed E-state index contributed by atoms with van der Waals surface area (Å²) in [6.45, 7) is 2.34. The Balaban J connectivity index is 3.08. The number of nitrogens with one attached hydrogen (secondary N) is 2. The van der Waals surface area contributed by atoms with Gasteiger partial charge in [0.2, 0.25) is 0 Å². The highest BCUT2D eigenvalue weighted by molar-refractivity contribution is 5.97. The number of carboxylic acid groups (broad SMARTS) is 1. The third-order valence-electron chi connectivity index (χ3n) is 2.42. The third kappa shape index (κ3) is 3.37. The normalized spacial score (nSPS) is 12.1. The molecule has 0 spiro atoms. The number of hydrogen-bond donors (Lipinski definition) is 3. The summed E-state index contributed by atoms with van der Waals surface area (Å²) in [5.41, 5.74) is -4.81. The van der Waals surface area contributed by atoms with E-state index in [4.69, 9.17) is 5.11 Å². The summed E-state index contributed by atoms with van der Waals surface area (Å²) in [7, 11) is 0. The molecule has 0 unspecified atom stereocenters. The number of carboxylic acids is 1. The Morgan fingerprint density at radius 2 is 1.80 bits per heavy atom. The van der Waals surface area contributed by atoms with Crippen LogP contribution in [0.4, 0.5) is 13.2 Å². The summed E-state index contributed by atoms with van der Waals surface area (Å²) in [6.07, 6.45) is -4.74. The van der Waals surface area contributed by atoms with Gasteiger partial charge in [-0.15, -0.1) is 0 Å². The van der Waals surface area contributed by atoms with Gasteiger partial charge in [-0.3, -0.25) is 9.59 Å². The SMILES string of the molecule is CC(C)(NC(=O)c1ccc(C(F)(F)F)[nH]c1=O)C(=O)O. The second-order valence-corrected chi connectivity index (χ2v) is 4.50. The van der Waals surface area contributed by atoms with Crippen LogP contribution in [-0.4, -0.2) is 27.5 Å². The van der Waals surface area contributed by atoms with E-state index in [1.165, 1.54) is 18.8 Å². The molecule has 0 aliphatic carbocycles. The second-order valence-electron chi connectivity index (χ2n) is 4.50. The Morgan fingerprint density at radius 3 is 2.20 bits per heavy atom. The lowest BCUT2D eigenvalue weighted by molar-refractivity contribution is -0.143. The van der Waals surface area contributed by atoms with E-state index in [0.29, 0.717) is 12.1 Å². The number of aliphatic carboxylic acids is 1. The van der Waals surface area contributed by atoms with Crippen molar-refractivity contribution in [2.24, 2.45) is 0 Å². The van der Waals surface area contributed by atoms with E-state index in [0.717, 1.165) is 0 Å². The molecule has 0 radical (unpaired) electrons. The van der Waals surface area contributed by atoms with Crippen LogP contribution in [0.15, 0.2) is 16.9 Å². The molecule has 1 aromatic heterocycles. The van der Waals surface area contributed by atoms with Crippen LogP contribution in [0.25, 0.3) is 0 Å². The summed E-state index contributed by atoms with van der Waals surface area (Å²) in [5, 5.41) is 10.8. The van der Waals surface area contributed by atoms with E-state index in [-0.39, 0.29) is 0 Å². The van der Waals surface area contributed by atoms with Crippen molar-refractivity contribution >= 4 is 11.9 Å². The number of carbonyl (C=O) groups is 2. The van der Waals surface area contributed by atoms with Gasteiger partial charge in [-0.2, -0.15) is 13.2 Å². The van der Waals surface area contributed by atoms with Gasteiger partial charge in [0.05, 0.1) is 0 Å². The lowest BCUT2D eigenvalue weighted by Crippen LogP contribution is -2.50. The zero-order chi connectivity index (χ0) is 15.7. The minimum absolute atomic E-state index is 0.532. The molecule has 1 aromatic rings. The van der Waals surface area contributed by atoms with E-state index in [2.05, 4.69) is 0 Å². The number of rotatable bonds is 3. The maximum atomic E-state index is 12.3. The van der Waals surface area contributed by atoms with Gasteiger partial charge in [-0.05, 0) is 26.0 Å². The topological polar surface area (TPSA) is 99.3 Å². The smallest absolute Gasteiger partial charge is 0.431 e. The fourth-order valence-electron chi connectivity index (χ4n) is 1.22. The van der Waals surface area contributed by atoms with Crippen LogP contribution in [0.2, 0.25) is 0 Å². The van der Waals surface area contributed by atoms with Gasteiger partial charge in [0.1, 0.15) is 16.8 Å². The molecule has 0 saturated heterocycles. The molecular formula is C11H11F3N2O4. The van der Waals surface area contributed by atoms with Crippen molar-refractivity contribution in [3.05, 3.63) is 33.7 Å². The lowest BCUT2D eigenvalue weighted by Gasteiger charge is -2.20. The van der Waals surface area contributed by atoms with Crippen LogP contribution >= 0.6 is 0 Å². The van der Waals surface area contributed by atoms with Crippen LogP contribution in [0.3, 0.4) is 0 Å². The first kappa shape index (κ1) is 15.7. The molecule has 6 nitrogen and oxygen atoms in total. The van der Waals surface area contributed by atoms with Gasteiger partial charge >= 0.3 is 12.1 Å². The van der Waals surface area contributed by atoms with Crippen molar-refractivity contribution in [2.75, 3.05) is 0 Å². The Morgan fingerprint density at radius 1 is 1.25 bits per heavy atom. The predicted octanol–water partition coefficient (Wildman–Crippen LogP) is 0.987. The van der Waals surface area contributed by atoms with Crippen LogP contribution in [0.1, 0.15) is 29.9 Å². The summed E-state index contributed by atoms with van der Waals surface area (Å²) in [6, 6.07) is 1.22. The zero-order valence-corrected chi connectivity index (χ0v) is 10.5. The molecule has 0 aliphatic rings.